The van der Waals surface area contributed by atoms with Crippen LogP contribution in [0.25, 0.3) is 10.8 Å². The minimum Gasteiger partial charge on any atom is -1.00 e. The van der Waals surface area contributed by atoms with Crippen molar-refractivity contribution in [2.75, 3.05) is 0 Å². The smallest absolute Gasteiger partial charge is 0.0809 e. The molecule has 0 aliphatic heterocycles. The van der Waals surface area contributed by atoms with Gasteiger partial charge in [-0.2, -0.15) is 23.1 Å². The summed E-state index contributed by atoms with van der Waals surface area (Å²) in [6.07, 6.45) is 8.37. The summed E-state index contributed by atoms with van der Waals surface area (Å²) in [6.45, 7) is 11.4. The molecule has 24 heavy (non-hydrogen) atoms. The van der Waals surface area contributed by atoms with Crippen LogP contribution in [-0.2, 0) is 23.0 Å². The van der Waals surface area contributed by atoms with Crippen LogP contribution >= 0.6 is 0 Å². The average molecular weight is 544 g/mol. The molecule has 3 rings (SSSR count). The van der Waals surface area contributed by atoms with E-state index < -0.39 is 0 Å². The van der Waals surface area contributed by atoms with Gasteiger partial charge in [-0.15, -0.1) is 36.1 Å². The van der Waals surface area contributed by atoms with Crippen LogP contribution in [0.5, 0.6) is 0 Å². The molecule has 0 bridgehead atoms. The molecule has 2 aromatic rings. The van der Waals surface area contributed by atoms with Crippen molar-refractivity contribution in [3.8, 4) is 0 Å². The molecule has 0 fully saturated rings. The fraction of sp³-hybridized carbons (Fsp3) is 0.350. The Morgan fingerprint density at radius 3 is 2.08 bits per heavy atom. The Labute approximate surface area is 175 Å². The van der Waals surface area contributed by atoms with Crippen molar-refractivity contribution in [1.82, 2.24) is 0 Å². The van der Waals surface area contributed by atoms with Gasteiger partial charge in [0.1, 0.15) is 0 Å². The van der Waals surface area contributed by atoms with Crippen molar-refractivity contribution in [2.45, 2.75) is 40.3 Å². The van der Waals surface area contributed by atoms with Crippen molar-refractivity contribution in [3.63, 3.8) is 0 Å². The second-order valence-corrected chi connectivity index (χ2v) is 19.4. The molecule has 0 saturated heterocycles. The second kappa shape index (κ2) is 13.2. The van der Waals surface area contributed by atoms with Crippen LogP contribution in [0.15, 0.2) is 60.2 Å². The molecular weight excluding hydrogens is 518 g/mol. The molecule has 0 spiro atoms. The third kappa shape index (κ3) is 10.8. The van der Waals surface area contributed by atoms with Crippen LogP contribution in [0.4, 0.5) is 0 Å². The van der Waals surface area contributed by atoms with E-state index in [0.717, 1.165) is 6.42 Å². The number of benzene rings is 1. The Morgan fingerprint density at radius 1 is 1.08 bits per heavy atom. The van der Waals surface area contributed by atoms with Gasteiger partial charge in [0.05, 0.1) is 0 Å². The summed E-state index contributed by atoms with van der Waals surface area (Å²) in [5.74, 6) is 0. The maximum Gasteiger partial charge on any atom is -0.0809 e. The quantitative estimate of drug-likeness (QED) is 0.326. The molecule has 0 unspecified atom stereocenters. The SMILES string of the molecule is CC(C)(C)C1=CC=[C-]C1.C[Si](C)=[Hf+2].[Cl-].[Cl-].c1ccc2[cH-]ccc2c1. The first-order valence-corrected chi connectivity index (χ1v) is 15.6. The number of hydrogen-bond donors (Lipinski definition) is 0. The van der Waals surface area contributed by atoms with Gasteiger partial charge in [0, 0.05) is 0 Å². The first-order chi connectivity index (χ1) is 10.3. The molecule has 0 amide bonds. The molecule has 0 aromatic heterocycles. The topological polar surface area (TPSA) is 0 Å². The molecule has 0 radical (unpaired) electrons. The zero-order chi connectivity index (χ0) is 16.6. The molecule has 0 saturated carbocycles. The van der Waals surface area contributed by atoms with E-state index in [9.17, 15) is 0 Å². The third-order valence-electron chi connectivity index (χ3n) is 3.21. The van der Waals surface area contributed by atoms with Crippen LogP contribution in [0.2, 0.25) is 13.1 Å². The summed E-state index contributed by atoms with van der Waals surface area (Å²) in [4.78, 5) is 0. The van der Waals surface area contributed by atoms with Gasteiger partial charge in [-0.1, -0.05) is 26.8 Å². The van der Waals surface area contributed by atoms with Gasteiger partial charge in [-0.25, -0.2) is 12.2 Å². The van der Waals surface area contributed by atoms with Crippen molar-refractivity contribution in [3.05, 3.63) is 66.3 Å². The van der Waals surface area contributed by atoms with E-state index in [1.165, 1.54) is 39.3 Å². The third-order valence-corrected chi connectivity index (χ3v) is 3.21. The van der Waals surface area contributed by atoms with Gasteiger partial charge in [0.15, 0.2) is 0 Å². The molecule has 130 valence electrons. The summed E-state index contributed by atoms with van der Waals surface area (Å²) in [5.41, 5.74) is 2.09. The van der Waals surface area contributed by atoms with Gasteiger partial charge >= 0.3 is 41.6 Å². The van der Waals surface area contributed by atoms with Crippen molar-refractivity contribution < 1.29 is 47.8 Å². The maximum absolute atomic E-state index is 3.16. The van der Waals surface area contributed by atoms with Crippen LogP contribution in [0.1, 0.15) is 27.2 Å². The minimum absolute atomic E-state index is 0. The van der Waals surface area contributed by atoms with E-state index in [-0.39, 0.29) is 30.3 Å². The van der Waals surface area contributed by atoms with E-state index in [0.29, 0.717) is 5.41 Å². The monoisotopic (exact) mass is 544 g/mol. The van der Waals surface area contributed by atoms with Gasteiger partial charge in [0.25, 0.3) is 0 Å². The van der Waals surface area contributed by atoms with Crippen molar-refractivity contribution >= 4 is 16.3 Å². The number of fused-ring (bicyclic) bond motifs is 1. The Kier molecular flexibility index (Phi) is 14.4. The van der Waals surface area contributed by atoms with E-state index in [2.05, 4.69) is 88.5 Å². The van der Waals surface area contributed by atoms with Gasteiger partial charge in [-0.05, 0) is 5.41 Å². The Balaban J connectivity index is 0. The zero-order valence-corrected chi connectivity index (χ0v) is 21.3. The number of rotatable bonds is 0. The first-order valence-electron chi connectivity index (χ1n) is 7.69. The van der Waals surface area contributed by atoms with Gasteiger partial charge in [-0.3, -0.25) is 6.08 Å². The number of hydrogen-bond acceptors (Lipinski definition) is 0. The molecule has 0 atom stereocenters. The summed E-state index contributed by atoms with van der Waals surface area (Å²) in [7, 11) is 0. The zero-order valence-electron chi connectivity index (χ0n) is 15.2. The molecule has 0 nitrogen and oxygen atoms in total. The van der Waals surface area contributed by atoms with Crippen LogP contribution in [-0.4, -0.2) is 5.49 Å². The van der Waals surface area contributed by atoms with Crippen molar-refractivity contribution in [2.24, 2.45) is 5.41 Å². The fourth-order valence-electron chi connectivity index (χ4n) is 1.97. The van der Waals surface area contributed by atoms with Crippen LogP contribution < -0.4 is 24.8 Å². The van der Waals surface area contributed by atoms with E-state index >= 15 is 0 Å². The summed E-state index contributed by atoms with van der Waals surface area (Å²) >= 11 is 1.45. The summed E-state index contributed by atoms with van der Waals surface area (Å²) in [6, 6.07) is 14.7. The molecule has 2 aromatic carbocycles. The number of allylic oxidation sites excluding steroid dienone is 4. The molecule has 1 aliphatic carbocycles. The summed E-state index contributed by atoms with van der Waals surface area (Å²) in [5, 5.41) is 2.66. The Morgan fingerprint density at radius 2 is 1.67 bits per heavy atom. The molecule has 4 heteroatoms. The van der Waals surface area contributed by atoms with Crippen molar-refractivity contribution in [1.29, 1.82) is 0 Å². The molecule has 0 N–H and O–H groups in total. The Hall–Kier alpha value is -0.0230. The van der Waals surface area contributed by atoms with E-state index in [4.69, 9.17) is 0 Å². The van der Waals surface area contributed by atoms with Crippen LogP contribution in [0.3, 0.4) is 0 Å². The minimum atomic E-state index is 0. The summed E-state index contributed by atoms with van der Waals surface area (Å²) < 4.78 is 0. The number of halogens is 2. The predicted molar refractivity (Wildman–Crippen MR) is 97.0 cm³/mol. The maximum atomic E-state index is 3.16. The standard InChI is InChI=1S/C9H7.C9H13.C2H6Si.2ClH.Hf/c1-2-5-9-7-3-6-8(9)4-1;1-9(2,3)8-6-4-5-7-8;1-3-2;;;/h1-7H;4,6H,7H2,1-3H3;1-2H3;2*1H;/q2*-1;;;;+2/p-2. The predicted octanol–water partition coefficient (Wildman–Crippen LogP) is 0.0730. The normalized spacial score (nSPS) is 11.9. The fourth-order valence-corrected chi connectivity index (χ4v) is 1.97. The van der Waals surface area contributed by atoms with Gasteiger partial charge in [0.2, 0.25) is 0 Å². The van der Waals surface area contributed by atoms with E-state index in [1.807, 2.05) is 6.08 Å². The van der Waals surface area contributed by atoms with E-state index in [1.54, 1.807) is 0 Å². The molecule has 1 aliphatic rings. The molecule has 0 heterocycles. The van der Waals surface area contributed by atoms with Crippen LogP contribution in [0, 0.1) is 11.5 Å². The largest absolute Gasteiger partial charge is 1.00 e. The Bertz CT molecular complexity index is 629. The average Bonchev–Trinajstić information content (AvgIpc) is 3.10. The second-order valence-electron chi connectivity index (χ2n) is 6.64. The first kappa shape index (κ1) is 26.2. The molecular formula is C20H26Cl2HfSi-2. The van der Waals surface area contributed by atoms with Gasteiger partial charge < -0.3 is 24.8 Å².